The molecule has 0 radical (unpaired) electrons. The van der Waals surface area contributed by atoms with Crippen LogP contribution in [0.2, 0.25) is 0 Å². The lowest BCUT2D eigenvalue weighted by Crippen LogP contribution is -2.22. The number of rotatable bonds is 3. The van der Waals surface area contributed by atoms with E-state index >= 15 is 0 Å². The Kier molecular flexibility index (Phi) is 3.60. The van der Waals surface area contributed by atoms with Crippen molar-refractivity contribution in [3.63, 3.8) is 0 Å². The SMILES string of the molecule is CCCc1nc2c(cc1C(=O)OC)CCOC2=O. The zero-order valence-electron chi connectivity index (χ0n) is 10.5. The van der Waals surface area contributed by atoms with Crippen LogP contribution in [0.1, 0.15) is 45.4 Å². The summed E-state index contributed by atoms with van der Waals surface area (Å²) in [5, 5.41) is 0. The third kappa shape index (κ3) is 2.20. The molecule has 0 saturated heterocycles. The number of carbonyl (C=O) groups is 2. The van der Waals surface area contributed by atoms with E-state index in [0.717, 1.165) is 12.0 Å². The van der Waals surface area contributed by atoms with Crippen molar-refractivity contribution >= 4 is 11.9 Å². The van der Waals surface area contributed by atoms with E-state index < -0.39 is 11.9 Å². The summed E-state index contributed by atoms with van der Waals surface area (Å²) in [6, 6.07) is 1.71. The minimum atomic E-state index is -0.412. The van der Waals surface area contributed by atoms with Crippen LogP contribution in [-0.4, -0.2) is 30.6 Å². The summed E-state index contributed by atoms with van der Waals surface area (Å²) in [5.41, 5.74) is 2.14. The molecule has 0 unspecified atom stereocenters. The monoisotopic (exact) mass is 249 g/mol. The molecule has 0 N–H and O–H groups in total. The first-order chi connectivity index (χ1) is 8.67. The number of fused-ring (bicyclic) bond motifs is 1. The first kappa shape index (κ1) is 12.5. The Hall–Kier alpha value is -1.91. The van der Waals surface area contributed by atoms with Gasteiger partial charge in [0.15, 0.2) is 5.69 Å². The smallest absolute Gasteiger partial charge is 0.357 e. The fourth-order valence-corrected chi connectivity index (χ4v) is 2.00. The molecule has 2 rings (SSSR count). The largest absolute Gasteiger partial charge is 0.465 e. The maximum Gasteiger partial charge on any atom is 0.357 e. The molecule has 0 aliphatic carbocycles. The Morgan fingerprint density at radius 2 is 2.33 bits per heavy atom. The highest BCUT2D eigenvalue weighted by atomic mass is 16.5. The molecule has 0 bridgehead atoms. The number of methoxy groups -OCH3 is 1. The molecule has 2 heterocycles. The fourth-order valence-electron chi connectivity index (χ4n) is 2.00. The van der Waals surface area contributed by atoms with Gasteiger partial charge in [-0.1, -0.05) is 13.3 Å². The van der Waals surface area contributed by atoms with Gasteiger partial charge in [-0.15, -0.1) is 0 Å². The Labute approximate surface area is 105 Å². The lowest BCUT2D eigenvalue weighted by Gasteiger charge is -2.17. The van der Waals surface area contributed by atoms with E-state index in [0.29, 0.717) is 36.4 Å². The van der Waals surface area contributed by atoms with Gasteiger partial charge in [0.1, 0.15) is 0 Å². The molecule has 0 atom stereocenters. The normalized spacial score (nSPS) is 13.8. The summed E-state index contributed by atoms with van der Waals surface area (Å²) in [6.45, 7) is 2.32. The highest BCUT2D eigenvalue weighted by Crippen LogP contribution is 2.20. The first-order valence-electron chi connectivity index (χ1n) is 5.95. The predicted molar refractivity (Wildman–Crippen MR) is 63.6 cm³/mol. The first-order valence-corrected chi connectivity index (χ1v) is 5.95. The summed E-state index contributed by atoms with van der Waals surface area (Å²) < 4.78 is 9.69. The lowest BCUT2D eigenvalue weighted by atomic mass is 10.0. The number of aromatic nitrogens is 1. The molecule has 5 heteroatoms. The van der Waals surface area contributed by atoms with Crippen molar-refractivity contribution in [1.82, 2.24) is 4.98 Å². The van der Waals surface area contributed by atoms with Gasteiger partial charge >= 0.3 is 11.9 Å². The van der Waals surface area contributed by atoms with Crippen LogP contribution in [-0.2, 0) is 22.3 Å². The van der Waals surface area contributed by atoms with Crippen LogP contribution in [0.4, 0.5) is 0 Å². The van der Waals surface area contributed by atoms with Crippen molar-refractivity contribution in [3.05, 3.63) is 28.6 Å². The number of carbonyl (C=O) groups excluding carboxylic acids is 2. The third-order valence-electron chi connectivity index (χ3n) is 2.87. The fraction of sp³-hybridized carbons (Fsp3) is 0.462. The second-order valence-corrected chi connectivity index (χ2v) is 4.12. The summed E-state index contributed by atoms with van der Waals surface area (Å²) in [5.74, 6) is -0.822. The van der Waals surface area contributed by atoms with Crippen LogP contribution >= 0.6 is 0 Å². The number of pyridine rings is 1. The van der Waals surface area contributed by atoms with E-state index in [2.05, 4.69) is 4.98 Å². The zero-order chi connectivity index (χ0) is 13.1. The highest BCUT2D eigenvalue weighted by Gasteiger charge is 2.24. The highest BCUT2D eigenvalue weighted by molar-refractivity contribution is 5.94. The predicted octanol–water partition coefficient (Wildman–Crippen LogP) is 1.53. The standard InChI is InChI=1S/C13H15NO4/c1-3-4-10-9(12(15)17-2)7-8-5-6-18-13(16)11(8)14-10/h7H,3-6H2,1-2H3. The number of cyclic esters (lactones) is 1. The van der Waals surface area contributed by atoms with Crippen LogP contribution < -0.4 is 0 Å². The summed E-state index contributed by atoms with van der Waals surface area (Å²) in [6.07, 6.45) is 2.06. The number of hydrogen-bond acceptors (Lipinski definition) is 5. The van der Waals surface area contributed by atoms with Crippen molar-refractivity contribution in [1.29, 1.82) is 0 Å². The third-order valence-corrected chi connectivity index (χ3v) is 2.87. The molecule has 1 aliphatic heterocycles. The zero-order valence-corrected chi connectivity index (χ0v) is 10.5. The van der Waals surface area contributed by atoms with Crippen LogP contribution in [0, 0.1) is 0 Å². The molecule has 0 spiro atoms. The average Bonchev–Trinajstić information content (AvgIpc) is 2.38. The molecule has 1 aliphatic rings. The summed E-state index contributed by atoms with van der Waals surface area (Å²) in [7, 11) is 1.34. The van der Waals surface area contributed by atoms with Crippen molar-refractivity contribution in [2.24, 2.45) is 0 Å². The van der Waals surface area contributed by atoms with Gasteiger partial charge in [-0.2, -0.15) is 0 Å². The Balaban J connectivity index is 2.52. The second-order valence-electron chi connectivity index (χ2n) is 4.12. The van der Waals surface area contributed by atoms with Gasteiger partial charge in [0.2, 0.25) is 0 Å². The Morgan fingerprint density at radius 1 is 1.56 bits per heavy atom. The van der Waals surface area contributed by atoms with E-state index in [1.54, 1.807) is 6.07 Å². The number of esters is 2. The number of hydrogen-bond donors (Lipinski definition) is 0. The molecular weight excluding hydrogens is 234 g/mol. The molecule has 18 heavy (non-hydrogen) atoms. The van der Waals surface area contributed by atoms with Gasteiger partial charge in [0, 0.05) is 6.42 Å². The van der Waals surface area contributed by atoms with E-state index in [-0.39, 0.29) is 0 Å². The van der Waals surface area contributed by atoms with Crippen LogP contribution in [0.5, 0.6) is 0 Å². The Morgan fingerprint density at radius 3 is 3.00 bits per heavy atom. The minimum Gasteiger partial charge on any atom is -0.465 e. The van der Waals surface area contributed by atoms with Crippen LogP contribution in [0.3, 0.4) is 0 Å². The number of aryl methyl sites for hydroxylation is 1. The van der Waals surface area contributed by atoms with Crippen molar-refractivity contribution in [2.75, 3.05) is 13.7 Å². The molecule has 96 valence electrons. The average molecular weight is 249 g/mol. The second kappa shape index (κ2) is 5.16. The van der Waals surface area contributed by atoms with E-state index in [4.69, 9.17) is 9.47 Å². The molecule has 0 amide bonds. The molecule has 5 nitrogen and oxygen atoms in total. The van der Waals surface area contributed by atoms with Gasteiger partial charge in [-0.25, -0.2) is 14.6 Å². The van der Waals surface area contributed by atoms with Crippen molar-refractivity contribution in [2.45, 2.75) is 26.2 Å². The van der Waals surface area contributed by atoms with Gasteiger partial charge in [-0.3, -0.25) is 0 Å². The quantitative estimate of drug-likeness (QED) is 0.760. The van der Waals surface area contributed by atoms with E-state index in [1.165, 1.54) is 7.11 Å². The van der Waals surface area contributed by atoms with Crippen molar-refractivity contribution < 1.29 is 19.1 Å². The molecule has 1 aromatic heterocycles. The van der Waals surface area contributed by atoms with Crippen molar-refractivity contribution in [3.8, 4) is 0 Å². The molecular formula is C13H15NO4. The van der Waals surface area contributed by atoms with E-state index in [1.807, 2.05) is 6.92 Å². The molecule has 0 aromatic carbocycles. The van der Waals surface area contributed by atoms with Crippen LogP contribution in [0.15, 0.2) is 6.07 Å². The van der Waals surface area contributed by atoms with Crippen LogP contribution in [0.25, 0.3) is 0 Å². The lowest BCUT2D eigenvalue weighted by molar-refractivity contribution is 0.0468. The maximum absolute atomic E-state index is 11.7. The number of nitrogens with zero attached hydrogens (tertiary/aromatic N) is 1. The summed E-state index contributed by atoms with van der Waals surface area (Å²) in [4.78, 5) is 27.6. The van der Waals surface area contributed by atoms with Gasteiger partial charge in [0.05, 0.1) is 25.0 Å². The van der Waals surface area contributed by atoms with E-state index in [9.17, 15) is 9.59 Å². The Bertz CT molecular complexity index is 496. The molecule has 0 fully saturated rings. The van der Waals surface area contributed by atoms with Gasteiger partial charge in [-0.05, 0) is 18.1 Å². The van der Waals surface area contributed by atoms with Gasteiger partial charge < -0.3 is 9.47 Å². The van der Waals surface area contributed by atoms with Gasteiger partial charge in [0.25, 0.3) is 0 Å². The summed E-state index contributed by atoms with van der Waals surface area (Å²) >= 11 is 0. The maximum atomic E-state index is 11.7. The molecule has 1 aromatic rings. The molecule has 0 saturated carbocycles. The number of ether oxygens (including phenoxy) is 2. The minimum absolute atomic E-state index is 0.331. The topological polar surface area (TPSA) is 65.5 Å².